The van der Waals surface area contributed by atoms with Crippen LogP contribution in [-0.4, -0.2) is 42.8 Å². The highest BCUT2D eigenvalue weighted by atomic mass is 16.2. The number of aromatic nitrogens is 5. The van der Waals surface area contributed by atoms with Crippen LogP contribution in [0.15, 0.2) is 30.6 Å². The molecule has 0 saturated heterocycles. The molecule has 0 radical (unpaired) electrons. The SMILES string of the molecule is Cc1n[nH]c(C)c1-c1ccc(NC(=O)[C@H](NC(=O)c2ccnn2C(C)C)C(C2CCCCC2)C2CCCCC2)nc1. The number of carbonyl (C=O) groups is 2. The van der Waals surface area contributed by atoms with E-state index in [1.807, 2.05) is 39.8 Å². The number of anilines is 1. The third-order valence-electron chi connectivity index (χ3n) is 9.17. The fourth-order valence-corrected chi connectivity index (χ4v) is 7.22. The molecule has 3 heterocycles. The molecule has 2 fully saturated rings. The van der Waals surface area contributed by atoms with Crippen LogP contribution in [0.3, 0.4) is 0 Å². The van der Waals surface area contributed by atoms with Crippen LogP contribution in [-0.2, 0) is 4.79 Å². The largest absolute Gasteiger partial charge is 0.339 e. The highest BCUT2D eigenvalue weighted by Crippen LogP contribution is 2.42. The fourth-order valence-electron chi connectivity index (χ4n) is 7.22. The van der Waals surface area contributed by atoms with Gasteiger partial charge in [0, 0.05) is 35.3 Å². The number of hydrogen-bond donors (Lipinski definition) is 3. The van der Waals surface area contributed by atoms with Crippen molar-refractivity contribution in [3.8, 4) is 11.1 Å². The summed E-state index contributed by atoms with van der Waals surface area (Å²) in [6.45, 7) is 7.95. The lowest BCUT2D eigenvalue weighted by Crippen LogP contribution is -2.53. The Kier molecular flexibility index (Phi) is 9.20. The van der Waals surface area contributed by atoms with E-state index in [-0.39, 0.29) is 23.8 Å². The first-order valence-corrected chi connectivity index (χ1v) is 15.5. The van der Waals surface area contributed by atoms with Crippen molar-refractivity contribution < 1.29 is 9.59 Å². The van der Waals surface area contributed by atoms with Crippen LogP contribution in [0.25, 0.3) is 11.1 Å². The van der Waals surface area contributed by atoms with Crippen LogP contribution >= 0.6 is 0 Å². The van der Waals surface area contributed by atoms with Crippen LogP contribution in [0, 0.1) is 31.6 Å². The molecule has 2 amide bonds. The molecule has 0 spiro atoms. The number of rotatable bonds is 9. The summed E-state index contributed by atoms with van der Waals surface area (Å²) in [5.41, 5.74) is 4.34. The standard InChI is InChI=1S/C32H45N7O2/c1-20(2)39-26(17-18-34-39)31(40)36-30(29(23-11-7-5-8-12-23)24-13-9-6-10-14-24)32(41)35-27-16-15-25(19-33-27)28-21(3)37-38-22(28)4/h15-20,23-24,29-30H,5-14H2,1-4H3,(H,36,40)(H,37,38)(H,33,35,41)/t30-/m1/s1. The lowest BCUT2D eigenvalue weighted by Gasteiger charge is -2.42. The van der Waals surface area contributed by atoms with Gasteiger partial charge >= 0.3 is 0 Å². The summed E-state index contributed by atoms with van der Waals surface area (Å²) in [7, 11) is 0. The molecule has 220 valence electrons. The second kappa shape index (κ2) is 13.0. The maximum absolute atomic E-state index is 14.2. The summed E-state index contributed by atoms with van der Waals surface area (Å²) in [5, 5.41) is 18.0. The number of hydrogen-bond acceptors (Lipinski definition) is 5. The predicted molar refractivity (Wildman–Crippen MR) is 160 cm³/mol. The van der Waals surface area contributed by atoms with E-state index in [1.165, 1.54) is 38.5 Å². The van der Waals surface area contributed by atoms with Crippen molar-refractivity contribution >= 4 is 17.6 Å². The fraction of sp³-hybridized carbons (Fsp3) is 0.594. The summed E-state index contributed by atoms with van der Waals surface area (Å²) in [4.78, 5) is 32.5. The van der Waals surface area contributed by atoms with Crippen LogP contribution < -0.4 is 10.6 Å². The molecule has 1 atom stereocenters. The molecule has 9 heteroatoms. The number of H-pyrrole nitrogens is 1. The summed E-state index contributed by atoms with van der Waals surface area (Å²) in [5.74, 6) is 0.967. The minimum absolute atomic E-state index is 0.0377. The average Bonchev–Trinajstić information content (AvgIpc) is 3.61. The Labute approximate surface area is 243 Å². The molecule has 0 bridgehead atoms. The quantitative estimate of drug-likeness (QED) is 0.281. The topological polar surface area (TPSA) is 118 Å². The van der Waals surface area contributed by atoms with Crippen molar-refractivity contribution in [2.75, 3.05) is 5.32 Å². The molecule has 2 aliphatic carbocycles. The zero-order valence-corrected chi connectivity index (χ0v) is 24.9. The number of amides is 2. The first kappa shape index (κ1) is 29.0. The summed E-state index contributed by atoms with van der Waals surface area (Å²) in [6.07, 6.45) is 15.1. The number of nitrogens with one attached hydrogen (secondary N) is 3. The van der Waals surface area contributed by atoms with E-state index in [9.17, 15) is 9.59 Å². The molecular weight excluding hydrogens is 514 g/mol. The van der Waals surface area contributed by atoms with Gasteiger partial charge in [0.05, 0.1) is 5.69 Å². The molecule has 41 heavy (non-hydrogen) atoms. The van der Waals surface area contributed by atoms with Gasteiger partial charge in [0.15, 0.2) is 0 Å². The second-order valence-electron chi connectivity index (χ2n) is 12.3. The lowest BCUT2D eigenvalue weighted by molar-refractivity contribution is -0.121. The van der Waals surface area contributed by atoms with Crippen LogP contribution in [0.5, 0.6) is 0 Å². The van der Waals surface area contributed by atoms with E-state index in [1.54, 1.807) is 23.1 Å². The number of pyridine rings is 1. The Morgan fingerprint density at radius 3 is 2.15 bits per heavy atom. The molecule has 0 aromatic carbocycles. The third kappa shape index (κ3) is 6.54. The molecule has 9 nitrogen and oxygen atoms in total. The highest BCUT2D eigenvalue weighted by Gasteiger charge is 2.41. The number of aryl methyl sites for hydroxylation is 2. The van der Waals surface area contributed by atoms with Gasteiger partial charge in [-0.15, -0.1) is 0 Å². The molecule has 3 N–H and O–H groups in total. The Balaban J connectivity index is 1.44. The Morgan fingerprint density at radius 1 is 0.951 bits per heavy atom. The van der Waals surface area contributed by atoms with E-state index >= 15 is 0 Å². The first-order chi connectivity index (χ1) is 19.8. The van der Waals surface area contributed by atoms with E-state index in [2.05, 4.69) is 30.9 Å². The smallest absolute Gasteiger partial charge is 0.270 e. The van der Waals surface area contributed by atoms with Gasteiger partial charge in [0.2, 0.25) is 5.91 Å². The molecular formula is C32H45N7O2. The van der Waals surface area contributed by atoms with Crippen molar-refractivity contribution in [1.29, 1.82) is 0 Å². The molecule has 3 aromatic heterocycles. The van der Waals surface area contributed by atoms with Gasteiger partial charge in [-0.05, 0) is 63.6 Å². The van der Waals surface area contributed by atoms with Crippen molar-refractivity contribution in [2.45, 2.75) is 104 Å². The monoisotopic (exact) mass is 559 g/mol. The van der Waals surface area contributed by atoms with Gasteiger partial charge in [0.1, 0.15) is 17.6 Å². The van der Waals surface area contributed by atoms with Crippen LogP contribution in [0.2, 0.25) is 0 Å². The zero-order valence-electron chi connectivity index (χ0n) is 24.9. The third-order valence-corrected chi connectivity index (χ3v) is 9.17. The first-order valence-electron chi connectivity index (χ1n) is 15.5. The van der Waals surface area contributed by atoms with E-state index in [0.717, 1.165) is 48.2 Å². The molecule has 5 rings (SSSR count). The Hall–Kier alpha value is -3.49. The van der Waals surface area contributed by atoms with Crippen LogP contribution in [0.4, 0.5) is 5.82 Å². The zero-order chi connectivity index (χ0) is 28.9. The average molecular weight is 560 g/mol. The van der Waals surface area contributed by atoms with Crippen molar-refractivity contribution in [3.63, 3.8) is 0 Å². The molecule has 2 saturated carbocycles. The number of aromatic amines is 1. The van der Waals surface area contributed by atoms with E-state index in [0.29, 0.717) is 23.3 Å². The summed E-state index contributed by atoms with van der Waals surface area (Å²) in [6, 6.07) is 4.92. The molecule has 3 aromatic rings. The Bertz CT molecular complexity index is 1280. The minimum Gasteiger partial charge on any atom is -0.339 e. The van der Waals surface area contributed by atoms with Gasteiger partial charge in [-0.3, -0.25) is 19.4 Å². The highest BCUT2D eigenvalue weighted by molar-refractivity contribution is 6.00. The van der Waals surface area contributed by atoms with E-state index in [4.69, 9.17) is 0 Å². The molecule has 0 unspecified atom stereocenters. The molecule has 0 aliphatic heterocycles. The maximum Gasteiger partial charge on any atom is 0.270 e. The van der Waals surface area contributed by atoms with Crippen molar-refractivity contribution in [3.05, 3.63) is 47.7 Å². The number of carbonyl (C=O) groups excluding carboxylic acids is 2. The van der Waals surface area contributed by atoms with Gasteiger partial charge in [-0.2, -0.15) is 10.2 Å². The predicted octanol–water partition coefficient (Wildman–Crippen LogP) is 6.38. The van der Waals surface area contributed by atoms with Gasteiger partial charge in [-0.25, -0.2) is 4.98 Å². The number of nitrogens with zero attached hydrogens (tertiary/aromatic N) is 4. The minimum atomic E-state index is -0.649. The normalized spacial score (nSPS) is 17.6. The maximum atomic E-state index is 14.2. The molecule has 2 aliphatic rings. The second-order valence-corrected chi connectivity index (χ2v) is 12.3. The van der Waals surface area contributed by atoms with Crippen molar-refractivity contribution in [1.82, 2.24) is 30.3 Å². The van der Waals surface area contributed by atoms with Crippen molar-refractivity contribution in [2.24, 2.45) is 17.8 Å². The van der Waals surface area contributed by atoms with Gasteiger partial charge in [0.25, 0.3) is 5.91 Å². The summed E-state index contributed by atoms with van der Waals surface area (Å²) >= 11 is 0. The van der Waals surface area contributed by atoms with Crippen LogP contribution in [0.1, 0.15) is 106 Å². The van der Waals surface area contributed by atoms with Gasteiger partial charge < -0.3 is 10.6 Å². The lowest BCUT2D eigenvalue weighted by atomic mass is 9.66. The summed E-state index contributed by atoms with van der Waals surface area (Å²) < 4.78 is 1.72. The van der Waals surface area contributed by atoms with Gasteiger partial charge in [-0.1, -0.05) is 64.2 Å². The Morgan fingerprint density at radius 2 is 1.61 bits per heavy atom. The van der Waals surface area contributed by atoms with E-state index < -0.39 is 6.04 Å².